The first kappa shape index (κ1) is 22.7. The number of nitrogens with zero attached hydrogens (tertiary/aromatic N) is 1. The van der Waals surface area contributed by atoms with Crippen LogP contribution >= 0.6 is 0 Å². The number of methoxy groups -OCH3 is 2. The predicted octanol–water partition coefficient (Wildman–Crippen LogP) is 3.73. The van der Waals surface area contributed by atoms with E-state index in [1.54, 1.807) is 14.2 Å². The second-order valence-corrected chi connectivity index (χ2v) is 8.18. The average molecular weight is 368 g/mol. The van der Waals surface area contributed by atoms with Crippen molar-refractivity contribution in [1.29, 1.82) is 0 Å². The van der Waals surface area contributed by atoms with Crippen LogP contribution in [-0.2, 0) is 11.3 Å². The first-order valence-corrected chi connectivity index (χ1v) is 9.40. The number of hydrogen-bond acceptors (Lipinski definition) is 5. The molecule has 1 rings (SSSR count). The van der Waals surface area contributed by atoms with Crippen molar-refractivity contribution in [3.8, 4) is 11.5 Å². The van der Waals surface area contributed by atoms with Crippen LogP contribution in [0.3, 0.4) is 0 Å². The number of rotatable bonds is 11. The van der Waals surface area contributed by atoms with E-state index in [1.165, 1.54) is 0 Å². The van der Waals surface area contributed by atoms with Crippen molar-refractivity contribution >= 4 is 0 Å². The lowest BCUT2D eigenvalue weighted by Gasteiger charge is -2.28. The lowest BCUT2D eigenvalue weighted by Crippen LogP contribution is -2.37. The van der Waals surface area contributed by atoms with Gasteiger partial charge in [-0.15, -0.1) is 0 Å². The van der Waals surface area contributed by atoms with Gasteiger partial charge in [-0.2, -0.15) is 0 Å². The highest BCUT2D eigenvalue weighted by Gasteiger charge is 2.17. The smallest absolute Gasteiger partial charge is 0.161 e. The van der Waals surface area contributed by atoms with Gasteiger partial charge in [0.25, 0.3) is 0 Å². The zero-order valence-corrected chi connectivity index (χ0v) is 17.5. The van der Waals surface area contributed by atoms with Crippen molar-refractivity contribution in [2.75, 3.05) is 33.9 Å². The zero-order chi connectivity index (χ0) is 19.7. The Morgan fingerprint density at radius 1 is 1.08 bits per heavy atom. The van der Waals surface area contributed by atoms with Crippen LogP contribution < -0.4 is 9.47 Å². The zero-order valence-electron chi connectivity index (χ0n) is 17.5. The fraction of sp³-hybridized carbons (Fsp3) is 0.714. The molecule has 0 bridgehead atoms. The molecule has 5 heteroatoms. The van der Waals surface area contributed by atoms with E-state index < -0.39 is 6.10 Å². The minimum atomic E-state index is -0.512. The van der Waals surface area contributed by atoms with Gasteiger partial charge in [0.2, 0.25) is 0 Å². The van der Waals surface area contributed by atoms with Gasteiger partial charge in [0, 0.05) is 13.1 Å². The highest BCUT2D eigenvalue weighted by molar-refractivity contribution is 5.42. The molecule has 0 saturated carbocycles. The van der Waals surface area contributed by atoms with Crippen molar-refractivity contribution in [3.63, 3.8) is 0 Å². The molecule has 0 spiro atoms. The monoisotopic (exact) mass is 367 g/mol. The number of aliphatic hydroxyl groups is 1. The number of aliphatic hydroxyl groups excluding tert-OH is 1. The fourth-order valence-corrected chi connectivity index (χ4v) is 2.61. The van der Waals surface area contributed by atoms with E-state index in [0.29, 0.717) is 19.1 Å². The topological polar surface area (TPSA) is 51.2 Å². The van der Waals surface area contributed by atoms with Gasteiger partial charge in [0.05, 0.1) is 32.5 Å². The molecule has 0 heterocycles. The second kappa shape index (κ2) is 10.8. The summed E-state index contributed by atoms with van der Waals surface area (Å²) in [6, 6.07) is 5.97. The minimum Gasteiger partial charge on any atom is -0.493 e. The standard InChI is InChI=1S/C21H37NO4/c1-16(2)10-11-22(14-18(23)15-26-21(3,4)5)13-17-8-9-19(24-6)20(12-17)25-7/h8-9,12,16,18,23H,10-11,13-15H2,1-7H3/t18-/m0/s1. The number of ether oxygens (including phenoxy) is 3. The van der Waals surface area contributed by atoms with Crippen LogP contribution in [0, 0.1) is 5.92 Å². The highest BCUT2D eigenvalue weighted by atomic mass is 16.5. The van der Waals surface area contributed by atoms with Crippen molar-refractivity contribution in [2.24, 2.45) is 5.92 Å². The van der Waals surface area contributed by atoms with Crippen LogP contribution in [0.25, 0.3) is 0 Å². The van der Waals surface area contributed by atoms with E-state index >= 15 is 0 Å². The summed E-state index contributed by atoms with van der Waals surface area (Å²) in [4.78, 5) is 2.28. The summed E-state index contributed by atoms with van der Waals surface area (Å²) in [5.41, 5.74) is 0.892. The molecule has 0 saturated heterocycles. The van der Waals surface area contributed by atoms with E-state index in [-0.39, 0.29) is 5.60 Å². The maximum atomic E-state index is 10.4. The fourth-order valence-electron chi connectivity index (χ4n) is 2.61. The van der Waals surface area contributed by atoms with Crippen molar-refractivity contribution in [3.05, 3.63) is 23.8 Å². The molecular weight excluding hydrogens is 330 g/mol. The van der Waals surface area contributed by atoms with E-state index in [2.05, 4.69) is 18.7 Å². The molecule has 1 N–H and O–H groups in total. The maximum Gasteiger partial charge on any atom is 0.161 e. The Morgan fingerprint density at radius 3 is 2.27 bits per heavy atom. The second-order valence-electron chi connectivity index (χ2n) is 8.18. The predicted molar refractivity (Wildman–Crippen MR) is 106 cm³/mol. The van der Waals surface area contributed by atoms with Crippen LogP contribution in [0.1, 0.15) is 46.6 Å². The lowest BCUT2D eigenvalue weighted by molar-refractivity contribution is -0.0568. The molecular formula is C21H37NO4. The van der Waals surface area contributed by atoms with Gasteiger partial charge in [-0.3, -0.25) is 4.90 Å². The minimum absolute atomic E-state index is 0.243. The summed E-state index contributed by atoms with van der Waals surface area (Å²) in [7, 11) is 3.28. The van der Waals surface area contributed by atoms with Crippen LogP contribution in [0.5, 0.6) is 11.5 Å². The molecule has 1 aromatic carbocycles. The lowest BCUT2D eigenvalue weighted by atomic mass is 10.1. The summed E-state index contributed by atoms with van der Waals surface area (Å²) in [5.74, 6) is 2.07. The Labute approximate surface area is 159 Å². The molecule has 0 aromatic heterocycles. The third kappa shape index (κ3) is 8.88. The molecule has 0 aliphatic heterocycles. The Morgan fingerprint density at radius 2 is 1.73 bits per heavy atom. The first-order valence-electron chi connectivity index (χ1n) is 9.40. The number of benzene rings is 1. The summed E-state index contributed by atoms with van der Waals surface area (Å²) in [6.45, 7) is 13.0. The Balaban J connectivity index is 2.76. The molecule has 1 aromatic rings. The average Bonchev–Trinajstić information content (AvgIpc) is 2.57. The molecule has 0 radical (unpaired) electrons. The van der Waals surface area contributed by atoms with Crippen LogP contribution in [0.4, 0.5) is 0 Å². The molecule has 0 fully saturated rings. The summed E-state index contributed by atoms with van der Waals surface area (Å²) in [6.07, 6.45) is 0.571. The summed E-state index contributed by atoms with van der Waals surface area (Å²) < 4.78 is 16.4. The Hall–Kier alpha value is -1.30. The quantitative estimate of drug-likeness (QED) is 0.646. The van der Waals surface area contributed by atoms with Gasteiger partial charge in [-0.1, -0.05) is 19.9 Å². The van der Waals surface area contributed by atoms with E-state index in [4.69, 9.17) is 14.2 Å². The van der Waals surface area contributed by atoms with Crippen LogP contribution in [-0.4, -0.2) is 55.6 Å². The molecule has 1 atom stereocenters. The molecule has 0 amide bonds. The van der Waals surface area contributed by atoms with Gasteiger partial charge in [-0.05, 0) is 57.4 Å². The van der Waals surface area contributed by atoms with Crippen molar-refractivity contribution in [2.45, 2.75) is 59.3 Å². The maximum absolute atomic E-state index is 10.4. The normalized spacial score (nSPS) is 13.3. The summed E-state index contributed by atoms with van der Waals surface area (Å²) in [5, 5.41) is 10.4. The largest absolute Gasteiger partial charge is 0.493 e. The number of hydrogen-bond donors (Lipinski definition) is 1. The van der Waals surface area contributed by atoms with E-state index in [9.17, 15) is 5.11 Å². The van der Waals surface area contributed by atoms with E-state index in [1.807, 2.05) is 39.0 Å². The molecule has 0 aliphatic carbocycles. The van der Waals surface area contributed by atoms with E-state index in [0.717, 1.165) is 36.6 Å². The van der Waals surface area contributed by atoms with Gasteiger partial charge >= 0.3 is 0 Å². The van der Waals surface area contributed by atoms with Crippen LogP contribution in [0.2, 0.25) is 0 Å². The molecule has 0 aliphatic rings. The van der Waals surface area contributed by atoms with Gasteiger partial charge < -0.3 is 19.3 Å². The highest BCUT2D eigenvalue weighted by Crippen LogP contribution is 2.28. The molecule has 26 heavy (non-hydrogen) atoms. The third-order valence-electron chi connectivity index (χ3n) is 4.05. The molecule has 150 valence electrons. The summed E-state index contributed by atoms with van der Waals surface area (Å²) >= 11 is 0. The van der Waals surface area contributed by atoms with Gasteiger partial charge in [0.15, 0.2) is 11.5 Å². The molecule has 0 unspecified atom stereocenters. The van der Waals surface area contributed by atoms with Gasteiger partial charge in [0.1, 0.15) is 0 Å². The van der Waals surface area contributed by atoms with Crippen molar-refractivity contribution < 1.29 is 19.3 Å². The third-order valence-corrected chi connectivity index (χ3v) is 4.05. The SMILES string of the molecule is COc1ccc(CN(CCC(C)C)C[C@H](O)COC(C)(C)C)cc1OC. The molecule has 5 nitrogen and oxygen atoms in total. The Bertz CT molecular complexity index is 525. The van der Waals surface area contributed by atoms with Crippen LogP contribution in [0.15, 0.2) is 18.2 Å². The van der Waals surface area contributed by atoms with Gasteiger partial charge in [-0.25, -0.2) is 0 Å². The van der Waals surface area contributed by atoms with Crippen molar-refractivity contribution in [1.82, 2.24) is 4.90 Å². The Kier molecular flexibility index (Phi) is 9.41. The first-order chi connectivity index (χ1) is 12.1.